The Hall–Kier alpha value is -4.97. The summed E-state index contributed by atoms with van der Waals surface area (Å²) < 4.78 is 47.4. The van der Waals surface area contributed by atoms with Gasteiger partial charge in [-0.05, 0) is 51.5 Å². The molecule has 0 fully saturated rings. The molecule has 4 amide bonds. The number of benzene rings is 2. The molecule has 12 nitrogen and oxygen atoms in total. The molecule has 0 saturated heterocycles. The summed E-state index contributed by atoms with van der Waals surface area (Å²) in [5.41, 5.74) is -1.00. The molecular formula is C29H33F3N4O8. The first kappa shape index (κ1) is 35.2. The molecule has 0 aliphatic heterocycles. The highest BCUT2D eigenvalue weighted by atomic mass is 19.4. The summed E-state index contributed by atoms with van der Waals surface area (Å²) in [5.74, 6) is 2.20. The fourth-order valence-corrected chi connectivity index (χ4v) is 3.67. The Morgan fingerprint density at radius 2 is 1.70 bits per heavy atom. The number of aliphatic hydroxyl groups excluding tert-OH is 1. The fraction of sp³-hybridized carbons (Fsp3) is 0.379. The van der Waals surface area contributed by atoms with Crippen molar-refractivity contribution in [3.05, 3.63) is 59.7 Å². The van der Waals surface area contributed by atoms with Crippen molar-refractivity contribution in [3.8, 4) is 17.6 Å². The molecule has 2 rings (SSSR count). The van der Waals surface area contributed by atoms with Crippen LogP contribution in [0.3, 0.4) is 0 Å². The van der Waals surface area contributed by atoms with Gasteiger partial charge in [0, 0.05) is 13.1 Å². The Balaban J connectivity index is 2.20. The first-order valence-electron chi connectivity index (χ1n) is 13.1. The van der Waals surface area contributed by atoms with Crippen LogP contribution >= 0.6 is 0 Å². The second kappa shape index (κ2) is 15.5. The third kappa shape index (κ3) is 12.5. The molecule has 0 aliphatic rings. The highest BCUT2D eigenvalue weighted by Crippen LogP contribution is 2.28. The van der Waals surface area contributed by atoms with Gasteiger partial charge in [0.25, 0.3) is 5.91 Å². The number of halogens is 3. The van der Waals surface area contributed by atoms with Crippen LogP contribution < -0.4 is 20.7 Å². The van der Waals surface area contributed by atoms with Crippen molar-refractivity contribution in [1.82, 2.24) is 15.5 Å². The van der Waals surface area contributed by atoms with Crippen molar-refractivity contribution < 1.29 is 52.0 Å². The summed E-state index contributed by atoms with van der Waals surface area (Å²) in [7, 11) is 0. The first-order chi connectivity index (χ1) is 20.5. The number of rotatable bonds is 11. The van der Waals surface area contributed by atoms with Crippen LogP contribution in [0.5, 0.6) is 5.75 Å². The molecule has 0 aromatic heterocycles. The lowest BCUT2D eigenvalue weighted by Crippen LogP contribution is -2.53. The van der Waals surface area contributed by atoms with E-state index in [4.69, 9.17) is 4.74 Å². The van der Waals surface area contributed by atoms with Crippen LogP contribution in [0.15, 0.2) is 48.5 Å². The van der Waals surface area contributed by atoms with Gasteiger partial charge in [0.2, 0.25) is 5.91 Å². The van der Waals surface area contributed by atoms with Crippen molar-refractivity contribution in [3.63, 3.8) is 0 Å². The van der Waals surface area contributed by atoms with E-state index in [-0.39, 0.29) is 18.8 Å². The van der Waals surface area contributed by atoms with Crippen LogP contribution in [-0.4, -0.2) is 76.3 Å². The summed E-state index contributed by atoms with van der Waals surface area (Å²) in [6.45, 7) is 4.98. The lowest BCUT2D eigenvalue weighted by molar-refractivity contribution is -0.274. The minimum Gasteiger partial charge on any atom is -0.465 e. The Morgan fingerprint density at radius 1 is 1.05 bits per heavy atom. The summed E-state index contributed by atoms with van der Waals surface area (Å²) in [6.07, 6.45) is -8.89. The molecule has 5 N–H and O–H groups in total. The SMILES string of the molecule is CC#C[C@H](O)[C@H](CN(Cc1ccccc1)C(=O)O)NC(=O)CNC(=O)c1cc(OC(F)(F)F)ccc1NC(=O)OC(C)(C)C. The van der Waals surface area contributed by atoms with Crippen LogP contribution in [-0.2, 0) is 16.1 Å². The van der Waals surface area contributed by atoms with E-state index in [0.29, 0.717) is 11.6 Å². The number of aliphatic hydroxyl groups is 1. The van der Waals surface area contributed by atoms with E-state index < -0.39 is 66.0 Å². The molecule has 0 aliphatic carbocycles. The normalized spacial score (nSPS) is 12.5. The van der Waals surface area contributed by atoms with Gasteiger partial charge in [-0.3, -0.25) is 14.9 Å². The van der Waals surface area contributed by atoms with E-state index in [1.165, 1.54) is 6.92 Å². The van der Waals surface area contributed by atoms with Crippen LogP contribution in [0, 0.1) is 11.8 Å². The maximum atomic E-state index is 13.0. The quantitative estimate of drug-likeness (QED) is 0.237. The van der Waals surface area contributed by atoms with E-state index in [2.05, 4.69) is 32.5 Å². The standard InChI is InChI=1S/C29H33F3N4O8/c1-5-9-23(37)22(17-36(27(41)42)16-18-10-7-6-8-11-18)34-24(38)15-33-25(39)20-14-19(43-29(30,31)32)12-13-21(20)35-26(40)44-28(2,3)4/h6-8,10-14,22-23,37H,15-17H2,1-4H3,(H,33,39)(H,34,38)(H,35,40)(H,41,42)/t22-,23-/m0/s1. The van der Waals surface area contributed by atoms with Crippen LogP contribution in [0.25, 0.3) is 0 Å². The summed E-state index contributed by atoms with van der Waals surface area (Å²) >= 11 is 0. The monoisotopic (exact) mass is 622 g/mol. The van der Waals surface area contributed by atoms with Crippen molar-refractivity contribution in [1.29, 1.82) is 0 Å². The molecule has 15 heteroatoms. The molecule has 44 heavy (non-hydrogen) atoms. The number of alkyl halides is 3. The van der Waals surface area contributed by atoms with Crippen LogP contribution in [0.4, 0.5) is 28.4 Å². The third-order valence-corrected chi connectivity index (χ3v) is 5.44. The van der Waals surface area contributed by atoms with E-state index in [1.807, 2.05) is 0 Å². The molecule has 0 bridgehead atoms. The van der Waals surface area contributed by atoms with Gasteiger partial charge >= 0.3 is 18.5 Å². The number of hydrogen-bond acceptors (Lipinski definition) is 7. The molecule has 0 saturated carbocycles. The summed E-state index contributed by atoms with van der Waals surface area (Å²) in [6, 6.07) is 9.93. The smallest absolute Gasteiger partial charge is 0.465 e. The zero-order valence-electron chi connectivity index (χ0n) is 24.3. The number of hydrogen-bond donors (Lipinski definition) is 5. The molecule has 2 atom stereocenters. The van der Waals surface area contributed by atoms with Crippen LogP contribution in [0.1, 0.15) is 43.6 Å². The Bertz CT molecular complexity index is 1380. The molecule has 2 aromatic carbocycles. The topological polar surface area (TPSA) is 167 Å². The lowest BCUT2D eigenvalue weighted by atomic mass is 10.1. The minimum absolute atomic E-state index is 0.0602. The largest absolute Gasteiger partial charge is 0.573 e. The molecule has 0 heterocycles. The fourth-order valence-electron chi connectivity index (χ4n) is 3.67. The van der Waals surface area contributed by atoms with Crippen molar-refractivity contribution >= 4 is 29.7 Å². The number of anilines is 1. The summed E-state index contributed by atoms with van der Waals surface area (Å²) in [4.78, 5) is 50.8. The first-order valence-corrected chi connectivity index (χ1v) is 13.1. The predicted octanol–water partition coefficient (Wildman–Crippen LogP) is 3.71. The number of amides is 4. The molecule has 2 aromatic rings. The second-order valence-corrected chi connectivity index (χ2v) is 10.2. The zero-order valence-corrected chi connectivity index (χ0v) is 24.3. The average molecular weight is 623 g/mol. The highest BCUT2D eigenvalue weighted by molar-refractivity contribution is 6.04. The average Bonchev–Trinajstić information content (AvgIpc) is 2.90. The number of ether oxygens (including phenoxy) is 2. The maximum Gasteiger partial charge on any atom is 0.573 e. The van der Waals surface area contributed by atoms with Crippen molar-refractivity contribution in [2.75, 3.05) is 18.4 Å². The second-order valence-electron chi connectivity index (χ2n) is 10.2. The van der Waals surface area contributed by atoms with Gasteiger partial charge in [-0.15, -0.1) is 19.1 Å². The number of carbonyl (C=O) groups is 4. The van der Waals surface area contributed by atoms with E-state index >= 15 is 0 Å². The van der Waals surface area contributed by atoms with Crippen molar-refractivity contribution in [2.24, 2.45) is 0 Å². The number of carboxylic acid groups (broad SMARTS) is 1. The highest BCUT2D eigenvalue weighted by Gasteiger charge is 2.32. The van der Waals surface area contributed by atoms with E-state index in [0.717, 1.165) is 17.0 Å². The van der Waals surface area contributed by atoms with Gasteiger partial charge < -0.3 is 35.2 Å². The predicted molar refractivity (Wildman–Crippen MR) is 152 cm³/mol. The van der Waals surface area contributed by atoms with E-state index in [1.54, 1.807) is 51.1 Å². The third-order valence-electron chi connectivity index (χ3n) is 5.44. The Labute approximate surface area is 251 Å². The Morgan fingerprint density at radius 3 is 2.27 bits per heavy atom. The van der Waals surface area contributed by atoms with Gasteiger partial charge in [0.15, 0.2) is 0 Å². The van der Waals surface area contributed by atoms with Gasteiger partial charge in [0.1, 0.15) is 17.5 Å². The minimum atomic E-state index is -5.07. The molecule has 0 radical (unpaired) electrons. The Kier molecular flexibility index (Phi) is 12.4. The molecule has 0 unspecified atom stereocenters. The van der Waals surface area contributed by atoms with Gasteiger partial charge in [-0.1, -0.05) is 36.3 Å². The van der Waals surface area contributed by atoms with Gasteiger partial charge in [-0.2, -0.15) is 0 Å². The van der Waals surface area contributed by atoms with E-state index in [9.17, 15) is 42.6 Å². The molecule has 238 valence electrons. The number of nitrogens with one attached hydrogen (secondary N) is 3. The number of nitrogens with zero attached hydrogens (tertiary/aromatic N) is 1. The van der Waals surface area contributed by atoms with Gasteiger partial charge in [-0.25, -0.2) is 9.59 Å². The lowest BCUT2D eigenvalue weighted by Gasteiger charge is -2.27. The van der Waals surface area contributed by atoms with Crippen molar-refractivity contribution in [2.45, 2.75) is 58.3 Å². The zero-order chi connectivity index (χ0) is 33.1. The van der Waals surface area contributed by atoms with Crippen LogP contribution in [0.2, 0.25) is 0 Å². The molecule has 0 spiro atoms. The summed E-state index contributed by atoms with van der Waals surface area (Å²) in [5, 5.41) is 27.1. The number of carbonyl (C=O) groups excluding carboxylic acids is 3. The molecular weight excluding hydrogens is 589 g/mol. The maximum absolute atomic E-state index is 13.0. The van der Waals surface area contributed by atoms with Gasteiger partial charge in [0.05, 0.1) is 23.8 Å².